The number of carboxylic acid groups (broad SMARTS) is 1. The number of aliphatic carboxylic acids is 1. The molecule has 2 heterocycles. The molecule has 1 saturated carbocycles. The average molecular weight is 361 g/mol. The minimum absolute atomic E-state index is 0.148. The van der Waals surface area contributed by atoms with Crippen molar-refractivity contribution in [2.24, 2.45) is 0 Å². The van der Waals surface area contributed by atoms with Crippen molar-refractivity contribution in [3.05, 3.63) is 16.8 Å². The van der Waals surface area contributed by atoms with E-state index in [9.17, 15) is 9.90 Å². The fourth-order valence-corrected chi connectivity index (χ4v) is 5.33. The van der Waals surface area contributed by atoms with Gasteiger partial charge in [0.05, 0.1) is 11.3 Å². The Morgan fingerprint density at radius 3 is 2.68 bits per heavy atom. The fraction of sp³-hybridized carbons (Fsp3) is 0.611. The highest BCUT2D eigenvalue weighted by Gasteiger charge is 2.35. The maximum atomic E-state index is 11.6. The summed E-state index contributed by atoms with van der Waals surface area (Å²) in [7, 11) is 4.25. The Morgan fingerprint density at radius 2 is 2.00 bits per heavy atom. The van der Waals surface area contributed by atoms with Crippen molar-refractivity contribution in [1.82, 2.24) is 14.9 Å². The van der Waals surface area contributed by atoms with Gasteiger partial charge in [0.15, 0.2) is 0 Å². The number of nitrogens with zero attached hydrogens (tertiary/aromatic N) is 3. The minimum atomic E-state index is -0.764. The summed E-state index contributed by atoms with van der Waals surface area (Å²) < 4.78 is 6.25. The molecular weight excluding hydrogens is 338 g/mol. The third kappa shape index (κ3) is 3.00. The number of aryl methyl sites for hydroxylation is 1. The number of thiophene rings is 1. The van der Waals surface area contributed by atoms with Gasteiger partial charge in [0.2, 0.25) is 5.88 Å². The lowest BCUT2D eigenvalue weighted by Gasteiger charge is -2.32. The molecule has 6 nitrogen and oxygen atoms in total. The summed E-state index contributed by atoms with van der Waals surface area (Å²) in [4.78, 5) is 24.6. The van der Waals surface area contributed by atoms with E-state index in [2.05, 4.69) is 29.0 Å². The molecule has 0 radical (unpaired) electrons. The number of carbonyl (C=O) groups is 1. The Morgan fingerprint density at radius 1 is 1.24 bits per heavy atom. The molecule has 1 atom stereocenters. The van der Waals surface area contributed by atoms with Gasteiger partial charge in [-0.3, -0.25) is 4.79 Å². The second kappa shape index (κ2) is 6.53. The summed E-state index contributed by atoms with van der Waals surface area (Å²) in [6.07, 6.45) is 7.39. The molecule has 2 aliphatic rings. The summed E-state index contributed by atoms with van der Waals surface area (Å²) in [5.74, 6) is -0.648. The average Bonchev–Trinajstić information content (AvgIpc) is 3.14. The highest BCUT2D eigenvalue weighted by atomic mass is 32.1. The van der Waals surface area contributed by atoms with E-state index < -0.39 is 11.9 Å². The molecule has 25 heavy (non-hydrogen) atoms. The second-order valence-electron chi connectivity index (χ2n) is 7.24. The zero-order chi connectivity index (χ0) is 17.6. The predicted molar refractivity (Wildman–Crippen MR) is 96.5 cm³/mol. The van der Waals surface area contributed by atoms with Crippen LogP contribution in [-0.4, -0.2) is 52.2 Å². The molecule has 0 bridgehead atoms. The summed E-state index contributed by atoms with van der Waals surface area (Å²) in [5.41, 5.74) is 0.894. The van der Waals surface area contributed by atoms with Gasteiger partial charge in [-0.05, 0) is 58.2 Å². The van der Waals surface area contributed by atoms with Crippen LogP contribution in [0.15, 0.2) is 6.33 Å². The highest BCUT2D eigenvalue weighted by molar-refractivity contribution is 7.19. The van der Waals surface area contributed by atoms with Gasteiger partial charge < -0.3 is 14.7 Å². The van der Waals surface area contributed by atoms with Crippen LogP contribution in [0.4, 0.5) is 0 Å². The van der Waals surface area contributed by atoms with Gasteiger partial charge >= 0.3 is 5.97 Å². The van der Waals surface area contributed by atoms with E-state index in [0.717, 1.165) is 52.8 Å². The van der Waals surface area contributed by atoms with Gasteiger partial charge in [-0.1, -0.05) is 0 Å². The zero-order valence-electron chi connectivity index (χ0n) is 14.6. The minimum Gasteiger partial charge on any atom is -0.481 e. The van der Waals surface area contributed by atoms with Gasteiger partial charge in [0.1, 0.15) is 17.3 Å². The van der Waals surface area contributed by atoms with Crippen molar-refractivity contribution in [3.63, 3.8) is 0 Å². The Labute approximate surface area is 150 Å². The molecule has 0 spiro atoms. The zero-order valence-corrected chi connectivity index (χ0v) is 15.4. The van der Waals surface area contributed by atoms with E-state index in [1.54, 1.807) is 11.3 Å². The van der Waals surface area contributed by atoms with E-state index in [0.29, 0.717) is 18.3 Å². The molecular formula is C18H23N3O3S. The number of hydrogen-bond acceptors (Lipinski definition) is 6. The first-order chi connectivity index (χ1) is 12.0. The van der Waals surface area contributed by atoms with Crippen molar-refractivity contribution < 1.29 is 14.6 Å². The van der Waals surface area contributed by atoms with E-state index in [1.807, 2.05) is 0 Å². The van der Waals surface area contributed by atoms with E-state index in [1.165, 1.54) is 6.33 Å². The van der Waals surface area contributed by atoms with Crippen LogP contribution < -0.4 is 4.74 Å². The topological polar surface area (TPSA) is 75.5 Å². The normalized spacial score (nSPS) is 26.1. The van der Waals surface area contributed by atoms with Crippen molar-refractivity contribution in [2.45, 2.75) is 56.6 Å². The first kappa shape index (κ1) is 16.7. The second-order valence-corrected chi connectivity index (χ2v) is 8.32. The van der Waals surface area contributed by atoms with Crippen LogP contribution in [0.5, 0.6) is 5.88 Å². The number of aromatic nitrogens is 2. The predicted octanol–water partition coefficient (Wildman–Crippen LogP) is 3.06. The van der Waals surface area contributed by atoms with Crippen LogP contribution in [0.1, 0.15) is 48.5 Å². The van der Waals surface area contributed by atoms with Gasteiger partial charge in [-0.25, -0.2) is 9.97 Å². The molecule has 0 saturated heterocycles. The molecule has 2 aromatic heterocycles. The molecule has 0 amide bonds. The summed E-state index contributed by atoms with van der Waals surface area (Å²) in [6.45, 7) is 0. The maximum Gasteiger partial charge on any atom is 0.311 e. The summed E-state index contributed by atoms with van der Waals surface area (Å²) >= 11 is 1.59. The monoisotopic (exact) mass is 361 g/mol. The van der Waals surface area contributed by atoms with Crippen molar-refractivity contribution in [2.75, 3.05) is 14.1 Å². The van der Waals surface area contributed by atoms with Gasteiger partial charge in [-0.2, -0.15) is 0 Å². The first-order valence-electron chi connectivity index (χ1n) is 8.86. The third-order valence-electron chi connectivity index (χ3n) is 5.53. The lowest BCUT2D eigenvalue weighted by atomic mass is 9.92. The molecule has 2 aliphatic carbocycles. The molecule has 0 aromatic carbocycles. The number of fused-ring (bicyclic) bond motifs is 3. The molecule has 0 aliphatic heterocycles. The molecule has 4 rings (SSSR count). The lowest BCUT2D eigenvalue weighted by molar-refractivity contribution is -0.138. The number of carboxylic acids is 1. The van der Waals surface area contributed by atoms with Gasteiger partial charge in [0.25, 0.3) is 0 Å². The van der Waals surface area contributed by atoms with Crippen LogP contribution >= 0.6 is 11.3 Å². The smallest absolute Gasteiger partial charge is 0.311 e. The highest BCUT2D eigenvalue weighted by Crippen LogP contribution is 2.46. The first-order valence-corrected chi connectivity index (χ1v) is 9.68. The molecule has 2 aromatic rings. The Hall–Kier alpha value is -1.73. The molecule has 7 heteroatoms. The molecule has 1 fully saturated rings. The van der Waals surface area contributed by atoms with Crippen LogP contribution in [0.2, 0.25) is 0 Å². The van der Waals surface area contributed by atoms with Gasteiger partial charge in [-0.15, -0.1) is 11.3 Å². The van der Waals surface area contributed by atoms with Crippen molar-refractivity contribution in [3.8, 4) is 5.88 Å². The van der Waals surface area contributed by atoms with Crippen LogP contribution in [0.3, 0.4) is 0 Å². The van der Waals surface area contributed by atoms with Crippen LogP contribution in [-0.2, 0) is 11.2 Å². The third-order valence-corrected chi connectivity index (χ3v) is 6.70. The van der Waals surface area contributed by atoms with Crippen molar-refractivity contribution in [1.29, 1.82) is 0 Å². The van der Waals surface area contributed by atoms with Crippen LogP contribution in [0.25, 0.3) is 10.2 Å². The Balaban J connectivity index is 1.62. The standard InChI is InChI=1S/C18H23N3O3S/c1-21(2)10-3-5-11(6-4-10)24-16-15-14-12(18(22)23)7-8-13(14)25-17(15)20-9-19-16/h9-12H,3-8H2,1-2H3,(H,22,23)/t10-,11-,12?. The fourth-order valence-electron chi connectivity index (χ4n) is 4.12. The molecule has 134 valence electrons. The summed E-state index contributed by atoms with van der Waals surface area (Å²) in [5, 5.41) is 10.4. The largest absolute Gasteiger partial charge is 0.481 e. The molecule has 1 N–H and O–H groups in total. The number of rotatable bonds is 4. The van der Waals surface area contributed by atoms with E-state index in [-0.39, 0.29) is 6.10 Å². The van der Waals surface area contributed by atoms with Crippen molar-refractivity contribution >= 4 is 27.5 Å². The lowest BCUT2D eigenvalue weighted by Crippen LogP contribution is -2.35. The molecule has 1 unspecified atom stereocenters. The summed E-state index contributed by atoms with van der Waals surface area (Å²) in [6, 6.07) is 0.618. The van der Waals surface area contributed by atoms with E-state index in [4.69, 9.17) is 4.74 Å². The van der Waals surface area contributed by atoms with E-state index >= 15 is 0 Å². The van der Waals surface area contributed by atoms with Crippen LogP contribution in [0, 0.1) is 0 Å². The Bertz CT molecular complexity index is 796. The van der Waals surface area contributed by atoms with Gasteiger partial charge in [0, 0.05) is 10.9 Å². The maximum absolute atomic E-state index is 11.6. The quantitative estimate of drug-likeness (QED) is 0.902. The Kier molecular flexibility index (Phi) is 4.37. The number of hydrogen-bond donors (Lipinski definition) is 1. The SMILES string of the molecule is CN(C)[C@H]1CC[C@H](Oc2ncnc3sc4c(c23)C(C(=O)O)CC4)CC1. The number of ether oxygens (including phenoxy) is 1.